The Morgan fingerprint density at radius 3 is 1.04 bits per heavy atom. The largest absolute Gasteiger partial charge is 2.00 e. The van der Waals surface area contributed by atoms with Crippen molar-refractivity contribution in [2.24, 2.45) is 11.8 Å². The summed E-state index contributed by atoms with van der Waals surface area (Å²) in [6, 6.07) is 1.93. The van der Waals surface area contributed by atoms with Crippen molar-refractivity contribution in [3.63, 3.8) is 0 Å². The third kappa shape index (κ3) is 9.11. The van der Waals surface area contributed by atoms with Crippen molar-refractivity contribution >= 4 is 28.9 Å². The molecule has 2 unspecified atom stereocenters. The van der Waals surface area contributed by atoms with Crippen LogP contribution in [0.2, 0.25) is 12.1 Å². The van der Waals surface area contributed by atoms with Gasteiger partial charge in [-0.15, -0.1) is 36.0 Å². The van der Waals surface area contributed by atoms with Crippen LogP contribution in [0, 0.1) is 24.0 Å². The van der Waals surface area contributed by atoms with Crippen LogP contribution >= 0.6 is 22.2 Å². The summed E-state index contributed by atoms with van der Waals surface area (Å²) in [5.74, 6) is 1.12. The summed E-state index contributed by atoms with van der Waals surface area (Å²) in [5, 5.41) is 0. The Balaban J connectivity index is 0. The first-order valence-corrected chi connectivity index (χ1v) is 13.7. The second-order valence-corrected chi connectivity index (χ2v) is 15.2. The molecule has 0 N–H and O–H groups in total. The van der Waals surface area contributed by atoms with Crippen molar-refractivity contribution in [3.8, 4) is 0 Å². The van der Waals surface area contributed by atoms with Gasteiger partial charge in [0.05, 0.1) is 0 Å². The van der Waals surface area contributed by atoms with Crippen molar-refractivity contribution in [1.82, 2.24) is 0 Å². The second kappa shape index (κ2) is 12.8. The van der Waals surface area contributed by atoms with Gasteiger partial charge in [0, 0.05) is 0 Å². The number of hydrogen-bond donors (Lipinski definition) is 0. The predicted octanol–water partition coefficient (Wildman–Crippen LogP) is 8.39. The summed E-state index contributed by atoms with van der Waals surface area (Å²) in [5.41, 5.74) is 8.49. The third-order valence-corrected chi connectivity index (χ3v) is 10.8. The van der Waals surface area contributed by atoms with Crippen molar-refractivity contribution in [2.45, 2.75) is 81.3 Å². The molecule has 4 heteroatoms. The van der Waals surface area contributed by atoms with Gasteiger partial charge in [0.1, 0.15) is 0 Å². The Morgan fingerprint density at radius 2 is 1.00 bits per heavy atom. The summed E-state index contributed by atoms with van der Waals surface area (Å²) >= 11 is 11.6. The Labute approximate surface area is 188 Å². The molecule has 0 heterocycles. The fourth-order valence-corrected chi connectivity index (χ4v) is 3.07. The molecule has 0 amide bonds. The summed E-state index contributed by atoms with van der Waals surface area (Å²) in [6.45, 7) is 19.7. The summed E-state index contributed by atoms with van der Waals surface area (Å²) in [6.07, 6.45) is 6.72. The molecule has 146 valence electrons. The minimum absolute atomic E-state index is 0. The number of halogens is 2. The van der Waals surface area contributed by atoms with Crippen molar-refractivity contribution in [1.29, 1.82) is 0 Å². The van der Waals surface area contributed by atoms with Gasteiger partial charge in [-0.05, 0) is 12.1 Å². The van der Waals surface area contributed by atoms with Crippen molar-refractivity contribution in [3.05, 3.63) is 45.6 Å². The average Bonchev–Trinajstić information content (AvgIpc) is 2.92. The quantitative estimate of drug-likeness (QED) is 0.227. The van der Waals surface area contributed by atoms with E-state index in [1.165, 1.54) is 33.4 Å². The standard InChI is InChI=1S/2C9H13.C4H10Cl2Si.Ti/c2*1-6-5-7(2)9(4)8(6)3;1-3-7(5,6)4-2;/h2*6H,1-4H3;3-4H2,1-2H3;/q2*-1;;+2. The van der Waals surface area contributed by atoms with Gasteiger partial charge >= 0.3 is 21.7 Å². The molecule has 0 aromatic heterocycles. The molecule has 0 fully saturated rings. The Morgan fingerprint density at radius 1 is 0.731 bits per heavy atom. The minimum atomic E-state index is -1.71. The number of allylic oxidation sites excluding steroid dienone is 8. The average molecular weight is 447 g/mol. The molecule has 0 bridgehead atoms. The molecular weight excluding hydrogens is 411 g/mol. The van der Waals surface area contributed by atoms with Gasteiger partial charge in [-0.25, -0.2) is 11.1 Å². The molecule has 0 aromatic carbocycles. The Kier molecular flexibility index (Phi) is 14.2. The molecule has 0 spiro atoms. The van der Waals surface area contributed by atoms with Crippen molar-refractivity contribution in [2.75, 3.05) is 0 Å². The van der Waals surface area contributed by atoms with Crippen LogP contribution in [0.3, 0.4) is 0 Å². The maximum absolute atomic E-state index is 5.81. The molecule has 0 aliphatic heterocycles. The maximum atomic E-state index is 5.81. The zero-order valence-corrected chi connectivity index (χ0v) is 22.4. The zero-order valence-electron chi connectivity index (χ0n) is 18.3. The maximum Gasteiger partial charge on any atom is 2.00 e. The van der Waals surface area contributed by atoms with E-state index in [1.807, 2.05) is 13.8 Å². The van der Waals surface area contributed by atoms with E-state index in [9.17, 15) is 0 Å². The normalized spacial score (nSPS) is 22.0. The zero-order chi connectivity index (χ0) is 19.9. The molecular formula is C22H36Cl2SiTi. The van der Waals surface area contributed by atoms with Crippen LogP contribution in [0.1, 0.15) is 69.2 Å². The second-order valence-electron chi connectivity index (χ2n) is 7.16. The number of hydrogen-bond acceptors (Lipinski definition) is 0. The topological polar surface area (TPSA) is 0 Å². The van der Waals surface area contributed by atoms with Crippen LogP contribution in [0.25, 0.3) is 0 Å². The fourth-order valence-electron chi connectivity index (χ4n) is 2.57. The monoisotopic (exact) mass is 446 g/mol. The van der Waals surface area contributed by atoms with E-state index in [-0.39, 0.29) is 21.7 Å². The molecule has 0 radical (unpaired) electrons. The van der Waals surface area contributed by atoms with Crippen LogP contribution in [-0.2, 0) is 21.7 Å². The Bertz CT molecular complexity index is 533. The molecule has 0 aromatic rings. The first kappa shape index (κ1) is 28.7. The molecule has 0 saturated heterocycles. The SMILES string of the molecule is CC1=[C-]C(C)C(C)=C1C.CC1=[C-]C(C)C(C)=C1C.CC[Si](Cl)(Cl)CC.[Ti+2]. The third-order valence-electron chi connectivity index (χ3n) is 5.51. The van der Waals surface area contributed by atoms with E-state index in [2.05, 4.69) is 67.5 Å². The van der Waals surface area contributed by atoms with E-state index < -0.39 is 6.69 Å². The van der Waals surface area contributed by atoms with Crippen LogP contribution in [0.5, 0.6) is 0 Å². The van der Waals surface area contributed by atoms with E-state index in [1.54, 1.807) is 0 Å². The van der Waals surface area contributed by atoms with Gasteiger partial charge in [-0.2, -0.15) is 22.3 Å². The molecule has 0 nitrogen and oxygen atoms in total. The smallest absolute Gasteiger partial charge is 0.266 e. The van der Waals surface area contributed by atoms with Gasteiger partial charge < -0.3 is 0 Å². The van der Waals surface area contributed by atoms with Gasteiger partial charge in [0.15, 0.2) is 0 Å². The minimum Gasteiger partial charge on any atom is -0.266 e. The molecule has 2 aliphatic carbocycles. The number of rotatable bonds is 2. The van der Waals surface area contributed by atoms with Gasteiger partial charge in [0.25, 0.3) is 6.69 Å². The van der Waals surface area contributed by atoms with E-state index >= 15 is 0 Å². The van der Waals surface area contributed by atoms with Crippen LogP contribution in [0.15, 0.2) is 33.4 Å². The van der Waals surface area contributed by atoms with E-state index in [0.29, 0.717) is 11.8 Å². The van der Waals surface area contributed by atoms with Crippen LogP contribution in [0.4, 0.5) is 0 Å². The fraction of sp³-hybridized carbons (Fsp3) is 0.636. The molecule has 26 heavy (non-hydrogen) atoms. The molecule has 2 rings (SSSR count). The summed E-state index contributed by atoms with van der Waals surface area (Å²) in [4.78, 5) is 0. The summed E-state index contributed by atoms with van der Waals surface area (Å²) < 4.78 is 0. The molecule has 2 aliphatic rings. The van der Waals surface area contributed by atoms with Gasteiger partial charge in [-0.1, -0.05) is 67.2 Å². The van der Waals surface area contributed by atoms with Gasteiger partial charge in [0.2, 0.25) is 0 Å². The molecule has 0 saturated carbocycles. The Hall–Kier alpha value is 0.471. The molecule has 2 atom stereocenters. The predicted molar refractivity (Wildman–Crippen MR) is 118 cm³/mol. The van der Waals surface area contributed by atoms with Crippen LogP contribution < -0.4 is 0 Å². The first-order chi connectivity index (χ1) is 11.4. The first-order valence-electron chi connectivity index (χ1n) is 9.31. The van der Waals surface area contributed by atoms with Crippen molar-refractivity contribution < 1.29 is 21.7 Å². The van der Waals surface area contributed by atoms with Crippen LogP contribution in [-0.4, -0.2) is 6.69 Å². The van der Waals surface area contributed by atoms with E-state index in [4.69, 9.17) is 22.2 Å². The van der Waals surface area contributed by atoms with Gasteiger partial charge in [-0.3, -0.25) is 12.2 Å². The summed E-state index contributed by atoms with van der Waals surface area (Å²) in [7, 11) is 0. The van der Waals surface area contributed by atoms with E-state index in [0.717, 1.165) is 12.1 Å².